The molecule has 2 heterocycles. The standard InChI is InChI=1S/C33H31N3/c1-4-12-25(13-5-1)31-24-32(35-30-19-11-10-18-29(30)34-31)36-22-20-28(21-23-36)33(26-14-6-2-7-15-26)27-16-8-3-9-17-27/h1-19,28,33H,20-24H2. The van der Waals surface area contributed by atoms with E-state index in [4.69, 9.17) is 9.98 Å². The summed E-state index contributed by atoms with van der Waals surface area (Å²) in [6.07, 6.45) is 3.05. The first kappa shape index (κ1) is 22.5. The van der Waals surface area contributed by atoms with Gasteiger partial charge in [-0.2, -0.15) is 0 Å². The van der Waals surface area contributed by atoms with Crippen molar-refractivity contribution in [3.63, 3.8) is 0 Å². The van der Waals surface area contributed by atoms with E-state index in [-0.39, 0.29) is 0 Å². The molecule has 0 N–H and O–H groups in total. The van der Waals surface area contributed by atoms with Gasteiger partial charge in [-0.15, -0.1) is 0 Å². The zero-order chi connectivity index (χ0) is 24.2. The maximum Gasteiger partial charge on any atom is 0.111 e. The summed E-state index contributed by atoms with van der Waals surface area (Å²) in [5, 5.41) is 0. The number of amidine groups is 1. The Morgan fingerprint density at radius 3 is 1.67 bits per heavy atom. The van der Waals surface area contributed by atoms with Crippen molar-refractivity contribution in [3.05, 3.63) is 132 Å². The predicted molar refractivity (Wildman–Crippen MR) is 150 cm³/mol. The van der Waals surface area contributed by atoms with Gasteiger partial charge in [0.25, 0.3) is 0 Å². The molecule has 6 rings (SSSR count). The molecule has 0 atom stereocenters. The zero-order valence-corrected chi connectivity index (χ0v) is 20.5. The van der Waals surface area contributed by atoms with Gasteiger partial charge in [-0.05, 0) is 47.6 Å². The number of rotatable bonds is 4. The van der Waals surface area contributed by atoms with E-state index >= 15 is 0 Å². The van der Waals surface area contributed by atoms with Gasteiger partial charge in [0.1, 0.15) is 5.84 Å². The van der Waals surface area contributed by atoms with Gasteiger partial charge in [0.2, 0.25) is 0 Å². The smallest absolute Gasteiger partial charge is 0.111 e. The van der Waals surface area contributed by atoms with E-state index in [1.165, 1.54) is 16.7 Å². The molecule has 0 radical (unpaired) electrons. The van der Waals surface area contributed by atoms with E-state index < -0.39 is 0 Å². The summed E-state index contributed by atoms with van der Waals surface area (Å²) in [5.74, 6) is 2.16. The Kier molecular flexibility index (Phi) is 6.45. The van der Waals surface area contributed by atoms with Crippen molar-refractivity contribution in [3.8, 4) is 0 Å². The largest absolute Gasteiger partial charge is 0.360 e. The van der Waals surface area contributed by atoms with Crippen molar-refractivity contribution in [1.82, 2.24) is 4.90 Å². The highest BCUT2D eigenvalue weighted by Gasteiger charge is 2.30. The molecule has 0 spiro atoms. The summed E-state index contributed by atoms with van der Waals surface area (Å²) in [4.78, 5) is 12.7. The van der Waals surface area contributed by atoms with Crippen LogP contribution in [-0.2, 0) is 0 Å². The minimum Gasteiger partial charge on any atom is -0.360 e. The maximum absolute atomic E-state index is 5.15. The molecule has 3 heteroatoms. The summed E-state index contributed by atoms with van der Waals surface area (Å²) in [7, 11) is 0. The van der Waals surface area contributed by atoms with Crippen molar-refractivity contribution >= 4 is 22.9 Å². The molecule has 4 aromatic carbocycles. The molecule has 0 unspecified atom stereocenters. The van der Waals surface area contributed by atoms with Crippen molar-refractivity contribution in [2.24, 2.45) is 15.9 Å². The third kappa shape index (κ3) is 4.74. The molecule has 0 aromatic heterocycles. The van der Waals surface area contributed by atoms with Crippen LogP contribution >= 0.6 is 0 Å². The Hall–Kier alpha value is -3.98. The van der Waals surface area contributed by atoms with Crippen molar-refractivity contribution in [1.29, 1.82) is 0 Å². The van der Waals surface area contributed by atoms with Crippen molar-refractivity contribution < 1.29 is 0 Å². The molecule has 0 saturated carbocycles. The quantitative estimate of drug-likeness (QED) is 0.300. The minimum atomic E-state index is 0.424. The zero-order valence-electron chi connectivity index (χ0n) is 20.5. The first-order chi connectivity index (χ1) is 17.8. The first-order valence-corrected chi connectivity index (χ1v) is 13.0. The summed E-state index contributed by atoms with van der Waals surface area (Å²) in [6, 6.07) is 40.9. The number of hydrogen-bond donors (Lipinski definition) is 0. The van der Waals surface area contributed by atoms with Crippen LogP contribution in [-0.4, -0.2) is 29.5 Å². The third-order valence-corrected chi connectivity index (χ3v) is 7.51. The number of fused-ring (bicyclic) bond motifs is 1. The monoisotopic (exact) mass is 469 g/mol. The van der Waals surface area contributed by atoms with E-state index in [9.17, 15) is 0 Å². The van der Waals surface area contributed by atoms with E-state index in [1.807, 2.05) is 6.07 Å². The van der Waals surface area contributed by atoms with Crippen LogP contribution in [0.2, 0.25) is 0 Å². The van der Waals surface area contributed by atoms with Gasteiger partial charge in [-0.25, -0.2) is 4.99 Å². The van der Waals surface area contributed by atoms with E-state index in [0.717, 1.165) is 55.3 Å². The molecule has 0 bridgehead atoms. The van der Waals surface area contributed by atoms with Crippen molar-refractivity contribution in [2.75, 3.05) is 13.1 Å². The minimum absolute atomic E-state index is 0.424. The van der Waals surface area contributed by atoms with Crippen molar-refractivity contribution in [2.45, 2.75) is 25.2 Å². The number of hydrogen-bond acceptors (Lipinski definition) is 3. The Morgan fingerprint density at radius 1 is 0.583 bits per heavy atom. The fraction of sp³-hybridized carbons (Fsp3) is 0.212. The second-order valence-electron chi connectivity index (χ2n) is 9.74. The first-order valence-electron chi connectivity index (χ1n) is 13.0. The number of benzene rings is 4. The van der Waals surface area contributed by atoms with Gasteiger partial charge in [-0.3, -0.25) is 4.99 Å². The van der Waals surface area contributed by atoms with Crippen LogP contribution in [0.15, 0.2) is 125 Å². The molecular weight excluding hydrogens is 438 g/mol. The molecule has 0 aliphatic carbocycles. The van der Waals surface area contributed by atoms with E-state index in [2.05, 4.69) is 114 Å². The number of para-hydroxylation sites is 2. The second-order valence-corrected chi connectivity index (χ2v) is 9.74. The molecule has 4 aromatic rings. The molecule has 0 amide bonds. The lowest BCUT2D eigenvalue weighted by atomic mass is 9.76. The number of likely N-dealkylation sites (tertiary alicyclic amines) is 1. The van der Waals surface area contributed by atoms with E-state index in [0.29, 0.717) is 11.8 Å². The van der Waals surface area contributed by atoms with Gasteiger partial charge in [-0.1, -0.05) is 103 Å². The van der Waals surface area contributed by atoms with Gasteiger partial charge < -0.3 is 4.90 Å². The molecule has 36 heavy (non-hydrogen) atoms. The lowest BCUT2D eigenvalue weighted by Crippen LogP contribution is -2.40. The summed E-state index contributed by atoms with van der Waals surface area (Å²) in [5.41, 5.74) is 7.02. The highest BCUT2D eigenvalue weighted by Crippen LogP contribution is 2.39. The second kappa shape index (κ2) is 10.3. The van der Waals surface area contributed by atoms with Crippen LogP contribution in [0.5, 0.6) is 0 Å². The highest BCUT2D eigenvalue weighted by molar-refractivity contribution is 6.14. The van der Waals surface area contributed by atoms with Gasteiger partial charge in [0, 0.05) is 25.4 Å². The third-order valence-electron chi connectivity index (χ3n) is 7.51. The predicted octanol–water partition coefficient (Wildman–Crippen LogP) is 7.79. The number of nitrogens with zero attached hydrogens (tertiary/aromatic N) is 3. The molecule has 2 aliphatic heterocycles. The average molecular weight is 470 g/mol. The normalized spacial score (nSPS) is 16.2. The van der Waals surface area contributed by atoms with Crippen LogP contribution in [0.25, 0.3) is 0 Å². The number of piperidine rings is 1. The molecule has 3 nitrogen and oxygen atoms in total. The fourth-order valence-electron chi connectivity index (χ4n) is 5.69. The van der Waals surface area contributed by atoms with Crippen LogP contribution in [0.3, 0.4) is 0 Å². The average Bonchev–Trinajstić information content (AvgIpc) is 3.15. The fourth-order valence-corrected chi connectivity index (χ4v) is 5.69. The van der Waals surface area contributed by atoms with Crippen LogP contribution in [0.4, 0.5) is 11.4 Å². The van der Waals surface area contributed by atoms with Gasteiger partial charge in [0.05, 0.1) is 17.1 Å². The molecule has 1 saturated heterocycles. The summed E-state index contributed by atoms with van der Waals surface area (Å²) < 4.78 is 0. The topological polar surface area (TPSA) is 28.0 Å². The van der Waals surface area contributed by atoms with Crippen LogP contribution in [0.1, 0.15) is 41.9 Å². The molecule has 1 fully saturated rings. The molecular formula is C33H31N3. The van der Waals surface area contributed by atoms with E-state index in [1.54, 1.807) is 0 Å². The number of aliphatic imine (C=N–C) groups is 2. The molecule has 178 valence electrons. The lowest BCUT2D eigenvalue weighted by Gasteiger charge is -2.38. The summed E-state index contributed by atoms with van der Waals surface area (Å²) in [6.45, 7) is 2.04. The van der Waals surface area contributed by atoms with Crippen LogP contribution < -0.4 is 0 Å². The molecule has 2 aliphatic rings. The van der Waals surface area contributed by atoms with Crippen LogP contribution in [0, 0.1) is 5.92 Å². The lowest BCUT2D eigenvalue weighted by molar-refractivity contribution is 0.247. The van der Waals surface area contributed by atoms with Gasteiger partial charge >= 0.3 is 0 Å². The summed E-state index contributed by atoms with van der Waals surface area (Å²) >= 11 is 0. The highest BCUT2D eigenvalue weighted by atomic mass is 15.2. The maximum atomic E-state index is 5.15. The Labute approximate surface area is 213 Å². The Balaban J connectivity index is 1.26. The Morgan fingerprint density at radius 2 is 1.08 bits per heavy atom. The SMILES string of the molecule is c1ccc(C2=Nc3ccccc3N=C(N3CCC(C(c4ccccc4)c4ccccc4)CC3)C2)cc1. The Bertz CT molecular complexity index is 1310. The van der Waals surface area contributed by atoms with Gasteiger partial charge in [0.15, 0.2) is 0 Å².